The maximum Gasteiger partial charge on any atom is 0.401 e. The molecule has 40 heavy (non-hydrogen) atoms. The number of likely N-dealkylation sites (tertiary alicyclic amines) is 1. The van der Waals surface area contributed by atoms with Crippen molar-refractivity contribution in [1.82, 2.24) is 19.4 Å². The summed E-state index contributed by atoms with van der Waals surface area (Å²) in [6.45, 7) is 2.48. The van der Waals surface area contributed by atoms with E-state index in [1.54, 1.807) is 50.2 Å². The average Bonchev–Trinajstić information content (AvgIpc) is 2.85. The molecule has 0 aliphatic carbocycles. The van der Waals surface area contributed by atoms with Crippen molar-refractivity contribution in [3.8, 4) is 5.69 Å². The van der Waals surface area contributed by atoms with E-state index in [4.69, 9.17) is 0 Å². The average molecular weight is 561 g/mol. The van der Waals surface area contributed by atoms with Crippen molar-refractivity contribution in [3.05, 3.63) is 75.1 Å². The first-order valence-corrected chi connectivity index (χ1v) is 12.9. The summed E-state index contributed by atoms with van der Waals surface area (Å²) in [5, 5.41) is 13.7. The van der Waals surface area contributed by atoms with Gasteiger partial charge in [0.05, 0.1) is 12.2 Å². The van der Waals surface area contributed by atoms with Gasteiger partial charge >= 0.3 is 17.8 Å². The molecule has 9 nitrogen and oxygen atoms in total. The van der Waals surface area contributed by atoms with E-state index in [1.807, 2.05) is 0 Å². The molecule has 1 amide bonds. The Morgan fingerprint density at radius 3 is 2.27 bits per heavy atom. The molecule has 2 aromatic carbocycles. The predicted molar refractivity (Wildman–Crippen MR) is 142 cm³/mol. The number of aromatic nitrogens is 2. The summed E-state index contributed by atoms with van der Waals surface area (Å²) in [7, 11) is 1.52. The highest BCUT2D eigenvalue weighted by atomic mass is 19.4. The van der Waals surface area contributed by atoms with E-state index in [1.165, 1.54) is 28.8 Å². The Kier molecular flexibility index (Phi) is 8.20. The van der Waals surface area contributed by atoms with Crippen LogP contribution in [0.25, 0.3) is 16.5 Å². The van der Waals surface area contributed by atoms with Crippen LogP contribution in [0.3, 0.4) is 0 Å². The zero-order valence-corrected chi connectivity index (χ0v) is 22.3. The van der Waals surface area contributed by atoms with Crippen molar-refractivity contribution >= 4 is 22.6 Å². The first-order chi connectivity index (χ1) is 18.8. The number of alkyl halides is 3. The molecule has 1 aliphatic heterocycles. The van der Waals surface area contributed by atoms with E-state index in [2.05, 4.69) is 5.32 Å². The van der Waals surface area contributed by atoms with Crippen LogP contribution >= 0.6 is 0 Å². The van der Waals surface area contributed by atoms with Crippen molar-refractivity contribution in [1.29, 1.82) is 0 Å². The smallest absolute Gasteiger partial charge is 0.401 e. The third-order valence-corrected chi connectivity index (χ3v) is 7.45. The zero-order valence-electron chi connectivity index (χ0n) is 22.3. The number of hydrogen-bond acceptors (Lipinski definition) is 5. The molecule has 1 fully saturated rings. The van der Waals surface area contributed by atoms with Gasteiger partial charge in [0.2, 0.25) is 5.91 Å². The molecular formula is C28H31F3N4O5. The number of aryl methyl sites for hydroxylation is 1. The van der Waals surface area contributed by atoms with E-state index < -0.39 is 59.6 Å². The second kappa shape index (κ2) is 11.3. The van der Waals surface area contributed by atoms with Crippen molar-refractivity contribution in [3.63, 3.8) is 0 Å². The third kappa shape index (κ3) is 6.11. The molecule has 4 rings (SSSR count). The summed E-state index contributed by atoms with van der Waals surface area (Å²) in [6, 6.07) is 10.1. The van der Waals surface area contributed by atoms with Gasteiger partial charge in [-0.1, -0.05) is 44.2 Å². The lowest BCUT2D eigenvalue weighted by Crippen LogP contribution is -2.54. The number of carboxylic acid groups (broad SMARTS) is 1. The summed E-state index contributed by atoms with van der Waals surface area (Å²) in [4.78, 5) is 52.0. The van der Waals surface area contributed by atoms with Gasteiger partial charge in [-0.05, 0) is 28.9 Å². The van der Waals surface area contributed by atoms with E-state index in [0.29, 0.717) is 22.0 Å². The second-order valence-corrected chi connectivity index (χ2v) is 10.6. The van der Waals surface area contributed by atoms with E-state index in [0.717, 1.165) is 4.57 Å². The molecule has 214 valence electrons. The van der Waals surface area contributed by atoms with Crippen LogP contribution < -0.4 is 16.6 Å². The lowest BCUT2D eigenvalue weighted by atomic mass is 9.78. The number of carboxylic acids is 1. The number of nitrogens with one attached hydrogen (secondary N) is 1. The minimum Gasteiger partial charge on any atom is -0.480 e. The number of carbonyl (C=O) groups is 2. The molecule has 1 saturated heterocycles. The second-order valence-electron chi connectivity index (χ2n) is 10.6. The van der Waals surface area contributed by atoms with Gasteiger partial charge in [-0.15, -0.1) is 0 Å². The minimum atomic E-state index is -4.34. The van der Waals surface area contributed by atoms with Gasteiger partial charge in [0.15, 0.2) is 0 Å². The zero-order chi connectivity index (χ0) is 29.4. The van der Waals surface area contributed by atoms with Gasteiger partial charge in [-0.3, -0.25) is 14.5 Å². The third-order valence-electron chi connectivity index (χ3n) is 7.45. The summed E-state index contributed by atoms with van der Waals surface area (Å²) in [5.41, 5.74) is -0.129. The van der Waals surface area contributed by atoms with Crippen LogP contribution in [0.15, 0.2) is 58.3 Å². The van der Waals surface area contributed by atoms with Gasteiger partial charge in [0, 0.05) is 50.1 Å². The van der Waals surface area contributed by atoms with E-state index in [-0.39, 0.29) is 19.5 Å². The Labute approximate surface area is 227 Å². The molecule has 3 atom stereocenters. The van der Waals surface area contributed by atoms with E-state index in [9.17, 15) is 37.5 Å². The fourth-order valence-corrected chi connectivity index (χ4v) is 5.78. The maximum atomic E-state index is 13.2. The van der Waals surface area contributed by atoms with Crippen LogP contribution in [0.2, 0.25) is 0 Å². The normalized spacial score (nSPS) is 20.8. The Balaban J connectivity index is 1.60. The molecule has 1 aromatic heterocycles. The van der Waals surface area contributed by atoms with Crippen LogP contribution in [0.1, 0.15) is 19.4 Å². The van der Waals surface area contributed by atoms with E-state index >= 15 is 0 Å². The predicted octanol–water partition coefficient (Wildman–Crippen LogP) is 2.57. The Morgan fingerprint density at radius 1 is 1.02 bits per heavy atom. The quantitative estimate of drug-likeness (QED) is 0.459. The van der Waals surface area contributed by atoms with Gasteiger partial charge in [-0.25, -0.2) is 14.2 Å². The highest BCUT2D eigenvalue weighted by Crippen LogP contribution is 2.31. The maximum absolute atomic E-state index is 13.2. The summed E-state index contributed by atoms with van der Waals surface area (Å²) < 4.78 is 41.0. The molecular weight excluding hydrogens is 529 g/mol. The largest absolute Gasteiger partial charge is 0.480 e. The molecule has 2 N–H and O–H groups in total. The molecule has 3 aromatic rings. The minimum absolute atomic E-state index is 0.0735. The lowest BCUT2D eigenvalue weighted by Gasteiger charge is -2.41. The number of carbonyl (C=O) groups excluding carboxylic acids is 1. The van der Waals surface area contributed by atoms with Crippen molar-refractivity contribution in [2.75, 3.05) is 19.6 Å². The number of amides is 1. The summed E-state index contributed by atoms with van der Waals surface area (Å²) in [5.74, 6) is -3.24. The SMILES string of the molecule is CC1CN(CC(F)(F)F)CC(C)C1C(=O)N[C@@H](Cc1cccc2c(-n3c(=O)ccn(C)c3=O)cccc12)C(=O)O. The number of piperidine rings is 1. The number of nitrogens with zero attached hydrogens (tertiary/aromatic N) is 3. The number of halogens is 3. The molecule has 0 radical (unpaired) electrons. The first kappa shape index (κ1) is 29.1. The van der Waals surface area contributed by atoms with Gasteiger partial charge in [0.25, 0.3) is 5.56 Å². The fourth-order valence-electron chi connectivity index (χ4n) is 5.78. The molecule has 0 bridgehead atoms. The summed E-state index contributed by atoms with van der Waals surface area (Å²) >= 11 is 0. The van der Waals surface area contributed by atoms with Crippen LogP contribution in [-0.4, -0.2) is 62.9 Å². The van der Waals surface area contributed by atoms with Crippen molar-refractivity contribution < 1.29 is 27.9 Å². The summed E-state index contributed by atoms with van der Waals surface area (Å²) in [6.07, 6.45) is -3.05. The molecule has 12 heteroatoms. The molecule has 0 saturated carbocycles. The number of rotatable bonds is 7. The van der Waals surface area contributed by atoms with Crippen molar-refractivity contribution in [2.24, 2.45) is 24.8 Å². The van der Waals surface area contributed by atoms with Crippen LogP contribution in [0, 0.1) is 17.8 Å². The highest BCUT2D eigenvalue weighted by molar-refractivity contribution is 5.93. The number of benzene rings is 2. The Morgan fingerprint density at radius 2 is 1.65 bits per heavy atom. The molecule has 2 unspecified atom stereocenters. The van der Waals surface area contributed by atoms with Crippen LogP contribution in [0.4, 0.5) is 13.2 Å². The van der Waals surface area contributed by atoms with Gasteiger partial charge in [0.1, 0.15) is 6.04 Å². The lowest BCUT2D eigenvalue weighted by molar-refractivity contribution is -0.156. The van der Waals surface area contributed by atoms with Crippen molar-refractivity contribution in [2.45, 2.75) is 32.5 Å². The monoisotopic (exact) mass is 560 g/mol. The van der Waals surface area contributed by atoms with Crippen LogP contribution in [-0.2, 0) is 23.1 Å². The topological polar surface area (TPSA) is 114 Å². The standard InChI is InChI=1S/C28H31F3N4O5/c1-16-13-34(15-28(29,30)31)14-17(2)24(16)25(37)32-21(26(38)39)12-18-6-4-8-20-19(18)7-5-9-22(20)35-23(36)10-11-33(3)27(35)40/h4-11,16-17,21,24H,12-15H2,1-3H3,(H,32,37)(H,38,39)/t16?,17?,21-,24?/m0/s1. The van der Waals surface area contributed by atoms with Crippen LogP contribution in [0.5, 0.6) is 0 Å². The Hall–Kier alpha value is -3.93. The Bertz CT molecular complexity index is 1540. The van der Waals surface area contributed by atoms with Gasteiger partial charge < -0.3 is 15.0 Å². The highest BCUT2D eigenvalue weighted by Gasteiger charge is 2.41. The number of aliphatic carboxylic acids is 1. The fraction of sp³-hybridized carbons (Fsp3) is 0.429. The first-order valence-electron chi connectivity index (χ1n) is 12.9. The molecule has 0 spiro atoms. The molecule has 2 heterocycles. The number of hydrogen-bond donors (Lipinski definition) is 2. The number of fused-ring (bicyclic) bond motifs is 1. The molecule has 1 aliphatic rings. The van der Waals surface area contributed by atoms with Gasteiger partial charge in [-0.2, -0.15) is 13.2 Å².